The Morgan fingerprint density at radius 1 is 1.50 bits per heavy atom. The summed E-state index contributed by atoms with van der Waals surface area (Å²) >= 11 is 0. The maximum absolute atomic E-state index is 12.3. The van der Waals surface area contributed by atoms with Crippen LogP contribution in [0.25, 0.3) is 0 Å². The number of alkyl halides is 1. The van der Waals surface area contributed by atoms with Crippen molar-refractivity contribution < 1.29 is 9.18 Å². The Morgan fingerprint density at radius 3 is 2.00 bits per heavy atom. The van der Waals surface area contributed by atoms with Crippen molar-refractivity contribution in [3.05, 3.63) is 0 Å². The van der Waals surface area contributed by atoms with E-state index in [1.807, 2.05) is 20.8 Å². The average Bonchev–Trinajstić information content (AvgIpc) is 2.42. The third kappa shape index (κ3) is 1.36. The van der Waals surface area contributed by atoms with Crippen molar-refractivity contribution >= 4 is 5.78 Å². The molecule has 0 heterocycles. The molecular formula is C8H13FO. The van der Waals surface area contributed by atoms with Crippen molar-refractivity contribution in [2.24, 2.45) is 11.3 Å². The number of hydrogen-bond donors (Lipinski definition) is 0. The summed E-state index contributed by atoms with van der Waals surface area (Å²) in [7, 11) is 0. The summed E-state index contributed by atoms with van der Waals surface area (Å²) in [5, 5.41) is 0. The zero-order valence-electron chi connectivity index (χ0n) is 6.65. The number of ketones is 1. The normalized spacial score (nSPS) is 32.0. The Balaban J connectivity index is 2.51. The summed E-state index contributed by atoms with van der Waals surface area (Å²) in [6.07, 6.45) is -0.387. The highest BCUT2D eigenvalue weighted by molar-refractivity contribution is 5.88. The predicted molar refractivity (Wildman–Crippen MR) is 37.5 cm³/mol. The highest BCUT2D eigenvalue weighted by Gasteiger charge is 2.46. The summed E-state index contributed by atoms with van der Waals surface area (Å²) in [6.45, 7) is 5.50. The first-order chi connectivity index (χ1) is 4.43. The van der Waals surface area contributed by atoms with Crippen molar-refractivity contribution in [1.82, 2.24) is 0 Å². The van der Waals surface area contributed by atoms with Gasteiger partial charge in [0.15, 0.2) is 0 Å². The molecule has 1 rings (SSSR count). The fourth-order valence-electron chi connectivity index (χ4n) is 0.991. The minimum absolute atomic E-state index is 0.0694. The Labute approximate surface area is 60.6 Å². The first kappa shape index (κ1) is 7.70. The zero-order valence-corrected chi connectivity index (χ0v) is 6.65. The molecule has 2 heteroatoms. The lowest BCUT2D eigenvalue weighted by molar-refractivity contribution is -0.127. The van der Waals surface area contributed by atoms with E-state index in [2.05, 4.69) is 0 Å². The lowest BCUT2D eigenvalue weighted by Gasteiger charge is -2.15. The van der Waals surface area contributed by atoms with Crippen molar-refractivity contribution in [3.63, 3.8) is 0 Å². The van der Waals surface area contributed by atoms with Gasteiger partial charge in [-0.2, -0.15) is 0 Å². The van der Waals surface area contributed by atoms with Crippen LogP contribution in [-0.2, 0) is 4.79 Å². The Hall–Kier alpha value is -0.400. The highest BCUT2D eigenvalue weighted by atomic mass is 19.1. The largest absolute Gasteiger partial charge is 0.299 e. The molecule has 1 aliphatic carbocycles. The first-order valence-electron chi connectivity index (χ1n) is 3.61. The van der Waals surface area contributed by atoms with Gasteiger partial charge in [0.25, 0.3) is 0 Å². The molecule has 0 aromatic rings. The summed E-state index contributed by atoms with van der Waals surface area (Å²) in [4.78, 5) is 11.2. The van der Waals surface area contributed by atoms with Gasteiger partial charge in [0.2, 0.25) is 0 Å². The SMILES string of the molecule is CC(C)(C)C(=O)[C@@H]1C[C@H]1F. The molecule has 0 radical (unpaired) electrons. The third-order valence-electron chi connectivity index (χ3n) is 1.79. The number of carbonyl (C=O) groups excluding carboxylic acids is 1. The molecule has 1 fully saturated rings. The fraction of sp³-hybridized carbons (Fsp3) is 0.875. The topological polar surface area (TPSA) is 17.1 Å². The standard InChI is InChI=1S/C8H13FO/c1-8(2,3)7(10)5-4-6(5)9/h5-6H,4H2,1-3H3/t5-,6-/m1/s1. The van der Waals surface area contributed by atoms with Gasteiger partial charge in [-0.1, -0.05) is 20.8 Å². The van der Waals surface area contributed by atoms with Gasteiger partial charge < -0.3 is 0 Å². The number of carbonyl (C=O) groups is 1. The van der Waals surface area contributed by atoms with Gasteiger partial charge in [0.05, 0.1) is 5.92 Å². The van der Waals surface area contributed by atoms with Gasteiger partial charge in [-0.15, -0.1) is 0 Å². The quantitative estimate of drug-likeness (QED) is 0.549. The number of halogens is 1. The van der Waals surface area contributed by atoms with Crippen LogP contribution in [0.4, 0.5) is 4.39 Å². The molecule has 2 atom stereocenters. The molecule has 1 aliphatic rings. The minimum Gasteiger partial charge on any atom is -0.299 e. The van der Waals surface area contributed by atoms with Gasteiger partial charge in [-0.25, -0.2) is 4.39 Å². The van der Waals surface area contributed by atoms with Crippen molar-refractivity contribution in [3.8, 4) is 0 Å². The van der Waals surface area contributed by atoms with Crippen LogP contribution >= 0.6 is 0 Å². The molecule has 0 saturated heterocycles. The highest BCUT2D eigenvalue weighted by Crippen LogP contribution is 2.39. The molecule has 0 amide bonds. The lowest BCUT2D eigenvalue weighted by Crippen LogP contribution is -2.22. The molecule has 0 bridgehead atoms. The van der Waals surface area contributed by atoms with Gasteiger partial charge in [0, 0.05) is 5.41 Å². The van der Waals surface area contributed by atoms with Gasteiger partial charge in [0.1, 0.15) is 12.0 Å². The first-order valence-corrected chi connectivity index (χ1v) is 3.61. The van der Waals surface area contributed by atoms with Crippen molar-refractivity contribution in [1.29, 1.82) is 0 Å². The molecule has 0 spiro atoms. The van der Waals surface area contributed by atoms with Crippen LogP contribution in [0, 0.1) is 11.3 Å². The molecule has 0 aromatic heterocycles. The van der Waals surface area contributed by atoms with E-state index in [4.69, 9.17) is 0 Å². The van der Waals surface area contributed by atoms with E-state index < -0.39 is 6.17 Å². The van der Waals surface area contributed by atoms with E-state index in [-0.39, 0.29) is 17.1 Å². The van der Waals surface area contributed by atoms with E-state index in [1.54, 1.807) is 0 Å². The number of rotatable bonds is 1. The van der Waals surface area contributed by atoms with E-state index >= 15 is 0 Å². The Morgan fingerprint density at radius 2 is 1.90 bits per heavy atom. The maximum atomic E-state index is 12.3. The molecule has 1 nitrogen and oxygen atoms in total. The van der Waals surface area contributed by atoms with Crippen LogP contribution in [0.2, 0.25) is 0 Å². The van der Waals surface area contributed by atoms with Gasteiger partial charge >= 0.3 is 0 Å². The zero-order chi connectivity index (χ0) is 7.94. The second-order valence-electron chi connectivity index (χ2n) is 3.97. The van der Waals surface area contributed by atoms with Crippen LogP contribution in [0.1, 0.15) is 27.2 Å². The lowest BCUT2D eigenvalue weighted by atomic mass is 9.88. The monoisotopic (exact) mass is 144 g/mol. The smallest absolute Gasteiger partial charge is 0.144 e. The van der Waals surface area contributed by atoms with Crippen LogP contribution in [0.3, 0.4) is 0 Å². The molecular weight excluding hydrogens is 131 g/mol. The van der Waals surface area contributed by atoms with Crippen molar-refractivity contribution in [2.75, 3.05) is 0 Å². The molecule has 0 N–H and O–H groups in total. The van der Waals surface area contributed by atoms with Gasteiger partial charge in [-0.3, -0.25) is 4.79 Å². The van der Waals surface area contributed by atoms with Crippen LogP contribution in [0.5, 0.6) is 0 Å². The number of Topliss-reactive ketones (excluding diaryl/α,β-unsaturated/α-hetero) is 1. The Kier molecular flexibility index (Phi) is 1.57. The molecule has 0 unspecified atom stereocenters. The minimum atomic E-state index is -0.841. The maximum Gasteiger partial charge on any atom is 0.144 e. The fourth-order valence-corrected chi connectivity index (χ4v) is 0.991. The average molecular weight is 144 g/mol. The van der Waals surface area contributed by atoms with Crippen LogP contribution < -0.4 is 0 Å². The summed E-state index contributed by atoms with van der Waals surface area (Å²) in [5.74, 6) is -0.208. The molecule has 10 heavy (non-hydrogen) atoms. The molecule has 0 aromatic carbocycles. The van der Waals surface area contributed by atoms with E-state index in [0.717, 1.165) is 0 Å². The van der Waals surface area contributed by atoms with Gasteiger partial charge in [-0.05, 0) is 6.42 Å². The molecule has 1 saturated carbocycles. The summed E-state index contributed by atoms with van der Waals surface area (Å²) in [6, 6.07) is 0. The molecule has 58 valence electrons. The third-order valence-corrected chi connectivity index (χ3v) is 1.79. The molecule has 0 aliphatic heterocycles. The van der Waals surface area contributed by atoms with Crippen LogP contribution in [-0.4, -0.2) is 12.0 Å². The van der Waals surface area contributed by atoms with Crippen molar-refractivity contribution in [2.45, 2.75) is 33.4 Å². The number of hydrogen-bond acceptors (Lipinski definition) is 1. The van der Waals surface area contributed by atoms with Crippen LogP contribution in [0.15, 0.2) is 0 Å². The van der Waals surface area contributed by atoms with E-state index in [1.165, 1.54) is 0 Å². The Bertz CT molecular complexity index is 157. The second-order valence-corrected chi connectivity index (χ2v) is 3.97. The van der Waals surface area contributed by atoms with E-state index in [0.29, 0.717) is 6.42 Å². The predicted octanol–water partition coefficient (Wildman–Crippen LogP) is 1.96. The summed E-state index contributed by atoms with van der Waals surface area (Å²) < 4.78 is 12.3. The summed E-state index contributed by atoms with van der Waals surface area (Å²) in [5.41, 5.74) is -0.356. The van der Waals surface area contributed by atoms with E-state index in [9.17, 15) is 9.18 Å². The second kappa shape index (κ2) is 2.04.